The van der Waals surface area contributed by atoms with Crippen molar-refractivity contribution >= 4 is 0 Å². The van der Waals surface area contributed by atoms with Gasteiger partial charge in [0.1, 0.15) is 0 Å². The van der Waals surface area contributed by atoms with Gasteiger partial charge in [-0.05, 0) is 0 Å². The average molecular weight is 476 g/mol. The molecule has 0 saturated carbocycles. The van der Waals surface area contributed by atoms with Crippen LogP contribution in [0.1, 0.15) is 95.2 Å². The zero-order valence-corrected chi connectivity index (χ0v) is 24.2. The van der Waals surface area contributed by atoms with Gasteiger partial charge in [-0.1, -0.05) is 108 Å². The molecule has 0 unspecified atom stereocenters. The second-order valence-electron chi connectivity index (χ2n) is 8.16. The molecule has 29 heavy (non-hydrogen) atoms. The zero-order valence-electron chi connectivity index (χ0n) is 21.7. The summed E-state index contributed by atoms with van der Waals surface area (Å²) in [5.74, 6) is 0. The molecular weight excluding hydrogens is 428 g/mol. The third-order valence-electron chi connectivity index (χ3n) is 6.75. The third kappa shape index (κ3) is 7.97. The van der Waals surface area contributed by atoms with Gasteiger partial charge in [-0.2, -0.15) is 55.6 Å². The van der Waals surface area contributed by atoms with E-state index in [1.54, 1.807) is 11.1 Å². The minimum absolute atomic E-state index is 0. The molecule has 0 nitrogen and oxygen atoms in total. The average Bonchev–Trinajstić information content (AvgIpc) is 2.93. The van der Waals surface area contributed by atoms with E-state index in [2.05, 4.69) is 69.2 Å². The molecule has 164 valence electrons. The van der Waals surface area contributed by atoms with Crippen LogP contribution >= 0.6 is 0 Å². The van der Waals surface area contributed by atoms with Crippen molar-refractivity contribution in [1.82, 2.24) is 0 Å². The quantitative estimate of drug-likeness (QED) is 0.366. The largest absolute Gasteiger partial charge is 4.00 e. The minimum Gasteiger partial charge on any atom is -0.358 e. The van der Waals surface area contributed by atoms with Gasteiger partial charge < -0.3 is 14.9 Å². The van der Waals surface area contributed by atoms with Crippen LogP contribution < -0.4 is 0 Å². The molecule has 0 radical (unpaired) electrons. The van der Waals surface area contributed by atoms with Crippen molar-refractivity contribution < 1.29 is 26.2 Å². The summed E-state index contributed by atoms with van der Waals surface area (Å²) in [5, 5.41) is 0. The first kappa shape index (κ1) is 33.2. The van der Waals surface area contributed by atoms with Crippen LogP contribution in [0.2, 0.25) is 0 Å². The van der Waals surface area contributed by atoms with Crippen molar-refractivity contribution in [3.63, 3.8) is 0 Å². The Morgan fingerprint density at radius 3 is 0.862 bits per heavy atom. The Kier molecular flexibility index (Phi) is 17.6. The third-order valence-corrected chi connectivity index (χ3v) is 6.75. The van der Waals surface area contributed by atoms with Gasteiger partial charge in [-0.15, -0.1) is 0 Å². The van der Waals surface area contributed by atoms with Crippen LogP contribution in [0.15, 0.2) is 0 Å². The monoisotopic (exact) mass is 474 g/mol. The van der Waals surface area contributed by atoms with Gasteiger partial charge in [0.15, 0.2) is 0 Å². The fourth-order valence-corrected chi connectivity index (χ4v) is 4.05. The molecule has 2 aromatic rings. The van der Waals surface area contributed by atoms with Gasteiger partial charge in [0.05, 0.1) is 0 Å². The number of unbranched alkanes of at least 4 members (excludes halogenated alkanes) is 2. The maximum atomic E-state index is 2.26. The molecule has 0 saturated heterocycles. The second-order valence-corrected chi connectivity index (χ2v) is 8.16. The smallest absolute Gasteiger partial charge is 0.358 e. The Balaban J connectivity index is -0.000000422. The fraction of sp³-hybridized carbons (Fsp3) is 0.571. The van der Waals surface area contributed by atoms with E-state index in [1.807, 2.05) is 0 Å². The van der Waals surface area contributed by atoms with Gasteiger partial charge in [-0.3, -0.25) is 0 Å². The summed E-state index contributed by atoms with van der Waals surface area (Å²) in [7, 11) is 0. The standard InChI is InChI=1S/2C13H21.2CH3.Zr/c2*1-6-7-8-13-11(4)9(2)10(3)12(13)5;;;/h2*6-8H2,1-5H3;2*1H3;/q4*-1;+4. The van der Waals surface area contributed by atoms with Crippen molar-refractivity contribution in [1.29, 1.82) is 0 Å². The van der Waals surface area contributed by atoms with Crippen LogP contribution in [-0.2, 0) is 39.0 Å². The van der Waals surface area contributed by atoms with Crippen LogP contribution in [0, 0.1) is 70.2 Å². The molecule has 0 spiro atoms. The van der Waals surface area contributed by atoms with E-state index in [1.165, 1.54) is 83.0 Å². The Bertz CT molecular complexity index is 596. The summed E-state index contributed by atoms with van der Waals surface area (Å²) >= 11 is 0. The molecule has 1 heteroatoms. The van der Waals surface area contributed by atoms with E-state index < -0.39 is 0 Å². The van der Waals surface area contributed by atoms with Crippen molar-refractivity contribution in [3.05, 3.63) is 70.5 Å². The van der Waals surface area contributed by atoms with Crippen molar-refractivity contribution in [2.75, 3.05) is 0 Å². The van der Waals surface area contributed by atoms with Gasteiger partial charge in [0, 0.05) is 0 Å². The Morgan fingerprint density at radius 1 is 0.483 bits per heavy atom. The van der Waals surface area contributed by atoms with Crippen LogP contribution in [0.4, 0.5) is 0 Å². The van der Waals surface area contributed by atoms with Gasteiger partial charge >= 0.3 is 26.2 Å². The van der Waals surface area contributed by atoms with Gasteiger partial charge in [0.25, 0.3) is 0 Å². The van der Waals surface area contributed by atoms with Crippen molar-refractivity contribution in [3.8, 4) is 0 Å². The number of rotatable bonds is 6. The first-order valence-corrected chi connectivity index (χ1v) is 10.6. The van der Waals surface area contributed by atoms with E-state index in [0.29, 0.717) is 0 Å². The summed E-state index contributed by atoms with van der Waals surface area (Å²) in [6.07, 6.45) is 7.77. The van der Waals surface area contributed by atoms with E-state index >= 15 is 0 Å². The van der Waals surface area contributed by atoms with Crippen LogP contribution in [0.25, 0.3) is 0 Å². The molecule has 0 bridgehead atoms. The molecule has 0 N–H and O–H groups in total. The molecule has 0 heterocycles. The van der Waals surface area contributed by atoms with Gasteiger partial charge in [0.2, 0.25) is 0 Å². The van der Waals surface area contributed by atoms with E-state index in [9.17, 15) is 0 Å². The predicted molar refractivity (Wildman–Crippen MR) is 132 cm³/mol. The minimum atomic E-state index is 0. The summed E-state index contributed by atoms with van der Waals surface area (Å²) in [6, 6.07) is 0. The maximum absolute atomic E-state index is 2.26. The predicted octanol–water partition coefficient (Wildman–Crippen LogP) is 8.86. The first-order chi connectivity index (χ1) is 12.2. The van der Waals surface area contributed by atoms with Crippen LogP contribution in [0.5, 0.6) is 0 Å². The van der Waals surface area contributed by atoms with E-state index in [4.69, 9.17) is 0 Å². The fourth-order valence-electron chi connectivity index (χ4n) is 4.05. The molecule has 0 aliphatic carbocycles. The molecule has 2 rings (SSSR count). The van der Waals surface area contributed by atoms with E-state index in [-0.39, 0.29) is 41.1 Å². The van der Waals surface area contributed by atoms with Gasteiger partial charge in [-0.25, -0.2) is 0 Å². The molecular formula is C28H48Zr. The molecule has 0 atom stereocenters. The Hall–Kier alpha value is -0.417. The summed E-state index contributed by atoms with van der Waals surface area (Å²) < 4.78 is 0. The molecule has 2 aromatic carbocycles. The van der Waals surface area contributed by atoms with Crippen LogP contribution in [-0.4, -0.2) is 0 Å². The van der Waals surface area contributed by atoms with Crippen molar-refractivity contribution in [2.24, 2.45) is 0 Å². The Morgan fingerprint density at radius 2 is 0.690 bits per heavy atom. The van der Waals surface area contributed by atoms with Crippen LogP contribution in [0.3, 0.4) is 0 Å². The summed E-state index contributed by atoms with van der Waals surface area (Å²) in [4.78, 5) is 0. The molecule has 0 amide bonds. The normalized spacial score (nSPS) is 9.72. The topological polar surface area (TPSA) is 0 Å². The van der Waals surface area contributed by atoms with E-state index in [0.717, 1.165) is 0 Å². The summed E-state index contributed by atoms with van der Waals surface area (Å²) in [6.45, 7) is 22.5. The first-order valence-electron chi connectivity index (χ1n) is 10.6. The summed E-state index contributed by atoms with van der Waals surface area (Å²) in [5.41, 5.74) is 15.4. The maximum Gasteiger partial charge on any atom is 4.00 e. The number of hydrogen-bond acceptors (Lipinski definition) is 0. The second kappa shape index (κ2) is 15.4. The molecule has 0 aromatic heterocycles. The Labute approximate surface area is 203 Å². The van der Waals surface area contributed by atoms with Crippen molar-refractivity contribution in [2.45, 2.75) is 108 Å². The molecule has 0 fully saturated rings. The zero-order chi connectivity index (χ0) is 20.0. The number of hydrogen-bond donors (Lipinski definition) is 0. The SMILES string of the molecule is CCCC[c-]1c(C)c(C)c(C)c1C.CCCC[c-]1c(C)c(C)c(C)c1C.[CH3-].[CH3-].[Zr+4]. The molecule has 0 aliphatic heterocycles. The molecule has 0 aliphatic rings.